The molecule has 70 valence electrons. The normalized spacial score (nSPS) is 17.8. The van der Waals surface area contributed by atoms with Gasteiger partial charge in [-0.05, 0) is 12.2 Å². The third-order valence-electron chi connectivity index (χ3n) is 1.35. The second kappa shape index (κ2) is 3.48. The molecule has 7 heteroatoms. The highest BCUT2D eigenvalue weighted by atomic mass is 32.1. The average Bonchev–Trinajstić information content (AvgIpc) is 1.96. The van der Waals surface area contributed by atoms with E-state index in [1.807, 2.05) is 0 Å². The van der Waals surface area contributed by atoms with Gasteiger partial charge in [-0.3, -0.25) is 14.4 Å². The van der Waals surface area contributed by atoms with E-state index < -0.39 is 23.8 Å². The predicted octanol–water partition coefficient (Wildman–Crippen LogP) is -1.98. The second-order valence-corrected chi connectivity index (χ2v) is 2.85. The first-order valence-electron chi connectivity index (χ1n) is 3.43. The van der Waals surface area contributed by atoms with Crippen LogP contribution < -0.4 is 16.0 Å². The number of nitrogens with one attached hydrogen (secondary N) is 3. The van der Waals surface area contributed by atoms with Crippen LogP contribution in [-0.2, 0) is 14.4 Å². The molecule has 0 bridgehead atoms. The Morgan fingerprint density at radius 2 is 1.85 bits per heavy atom. The summed E-state index contributed by atoms with van der Waals surface area (Å²) < 4.78 is 0. The van der Waals surface area contributed by atoms with Crippen molar-refractivity contribution in [3.8, 4) is 0 Å². The zero-order valence-corrected chi connectivity index (χ0v) is 7.53. The SMILES string of the molecule is CC(=O)NC1C(=O)NC(=S)NC1=O. The summed E-state index contributed by atoms with van der Waals surface area (Å²) in [4.78, 5) is 32.7. The van der Waals surface area contributed by atoms with Gasteiger partial charge in [0.15, 0.2) is 11.2 Å². The van der Waals surface area contributed by atoms with E-state index in [1.165, 1.54) is 6.92 Å². The van der Waals surface area contributed by atoms with Gasteiger partial charge < -0.3 is 16.0 Å². The van der Waals surface area contributed by atoms with Crippen molar-refractivity contribution in [2.45, 2.75) is 13.0 Å². The molecule has 3 N–H and O–H groups in total. The van der Waals surface area contributed by atoms with Crippen LogP contribution in [0.3, 0.4) is 0 Å². The Bertz CT molecular complexity index is 281. The lowest BCUT2D eigenvalue weighted by atomic mass is 10.2. The number of carbonyl (C=O) groups is 3. The molecule has 0 aromatic carbocycles. The quantitative estimate of drug-likeness (QED) is 0.339. The van der Waals surface area contributed by atoms with Crippen molar-refractivity contribution < 1.29 is 14.4 Å². The van der Waals surface area contributed by atoms with Gasteiger partial charge in [-0.2, -0.15) is 0 Å². The van der Waals surface area contributed by atoms with Crippen LogP contribution in [0.15, 0.2) is 0 Å². The van der Waals surface area contributed by atoms with Crippen molar-refractivity contribution in [1.82, 2.24) is 16.0 Å². The van der Waals surface area contributed by atoms with E-state index in [-0.39, 0.29) is 5.11 Å². The van der Waals surface area contributed by atoms with E-state index in [0.29, 0.717) is 0 Å². The maximum Gasteiger partial charge on any atom is 0.258 e. The fourth-order valence-corrected chi connectivity index (χ4v) is 1.05. The Labute approximate surface area is 79.1 Å². The molecule has 1 aliphatic rings. The Morgan fingerprint density at radius 3 is 2.23 bits per heavy atom. The minimum Gasteiger partial charge on any atom is -0.337 e. The third-order valence-corrected chi connectivity index (χ3v) is 1.55. The number of hydrogen-bond acceptors (Lipinski definition) is 4. The number of thiocarbonyl (C=S) groups is 1. The first-order chi connectivity index (χ1) is 6.00. The number of carbonyl (C=O) groups excluding carboxylic acids is 3. The summed E-state index contributed by atoms with van der Waals surface area (Å²) in [7, 11) is 0. The second-order valence-electron chi connectivity index (χ2n) is 2.44. The van der Waals surface area contributed by atoms with Crippen LogP contribution in [0.25, 0.3) is 0 Å². The lowest BCUT2D eigenvalue weighted by Gasteiger charge is -2.22. The summed E-state index contributed by atoms with van der Waals surface area (Å²) in [5, 5.41) is 6.56. The van der Waals surface area contributed by atoms with Crippen molar-refractivity contribution in [2.75, 3.05) is 0 Å². The highest BCUT2D eigenvalue weighted by molar-refractivity contribution is 7.80. The van der Waals surface area contributed by atoms with Crippen molar-refractivity contribution in [1.29, 1.82) is 0 Å². The highest BCUT2D eigenvalue weighted by Crippen LogP contribution is 1.91. The van der Waals surface area contributed by atoms with Crippen molar-refractivity contribution in [3.05, 3.63) is 0 Å². The van der Waals surface area contributed by atoms with Gasteiger partial charge in [0.05, 0.1) is 0 Å². The number of amides is 3. The van der Waals surface area contributed by atoms with Gasteiger partial charge in [0, 0.05) is 6.92 Å². The van der Waals surface area contributed by atoms with Crippen LogP contribution in [0.2, 0.25) is 0 Å². The van der Waals surface area contributed by atoms with Crippen LogP contribution >= 0.6 is 12.2 Å². The minimum atomic E-state index is -1.19. The fourth-order valence-electron chi connectivity index (χ4n) is 0.853. The molecule has 3 amide bonds. The van der Waals surface area contributed by atoms with Crippen molar-refractivity contribution in [2.24, 2.45) is 0 Å². The monoisotopic (exact) mass is 201 g/mol. The number of hydrogen-bond donors (Lipinski definition) is 3. The standard InChI is InChI=1S/C6H7N3O3S/c1-2(10)7-3-4(11)8-6(13)9-5(3)12/h3H,1H3,(H,7,10)(H2,8,9,11,12,13). The zero-order chi connectivity index (χ0) is 10.0. The summed E-state index contributed by atoms with van der Waals surface area (Å²) in [6.07, 6.45) is 0. The molecule has 13 heavy (non-hydrogen) atoms. The van der Waals surface area contributed by atoms with Crippen LogP contribution in [0.5, 0.6) is 0 Å². The molecule has 0 spiro atoms. The molecule has 1 fully saturated rings. The lowest BCUT2D eigenvalue weighted by molar-refractivity contribution is -0.136. The molecule has 0 aliphatic carbocycles. The molecule has 0 atom stereocenters. The molecule has 0 radical (unpaired) electrons. The smallest absolute Gasteiger partial charge is 0.258 e. The molecule has 1 aliphatic heterocycles. The van der Waals surface area contributed by atoms with E-state index in [1.54, 1.807) is 0 Å². The van der Waals surface area contributed by atoms with E-state index in [0.717, 1.165) is 0 Å². The van der Waals surface area contributed by atoms with E-state index in [2.05, 4.69) is 28.2 Å². The fraction of sp³-hybridized carbons (Fsp3) is 0.333. The predicted molar refractivity (Wildman–Crippen MR) is 46.5 cm³/mol. The largest absolute Gasteiger partial charge is 0.337 e. The van der Waals surface area contributed by atoms with E-state index in [9.17, 15) is 14.4 Å². The first-order valence-corrected chi connectivity index (χ1v) is 3.84. The molecule has 1 saturated heterocycles. The Morgan fingerprint density at radius 1 is 1.38 bits per heavy atom. The molecule has 0 aromatic rings. The minimum absolute atomic E-state index is 0.0448. The van der Waals surface area contributed by atoms with Crippen LogP contribution in [0.1, 0.15) is 6.92 Å². The molecule has 1 rings (SSSR count). The van der Waals surface area contributed by atoms with Crippen molar-refractivity contribution >= 4 is 35.1 Å². The summed E-state index contributed by atoms with van der Waals surface area (Å²) in [6, 6.07) is -1.19. The highest BCUT2D eigenvalue weighted by Gasteiger charge is 2.32. The maximum atomic E-state index is 11.1. The van der Waals surface area contributed by atoms with E-state index >= 15 is 0 Å². The van der Waals surface area contributed by atoms with Crippen LogP contribution in [0.4, 0.5) is 0 Å². The Kier molecular flexibility index (Phi) is 2.57. The molecule has 0 saturated carbocycles. The van der Waals surface area contributed by atoms with Crippen LogP contribution in [0, 0.1) is 0 Å². The number of rotatable bonds is 1. The van der Waals surface area contributed by atoms with Gasteiger partial charge in [0.25, 0.3) is 11.8 Å². The maximum absolute atomic E-state index is 11.1. The molecule has 6 nitrogen and oxygen atoms in total. The first kappa shape index (κ1) is 9.59. The van der Waals surface area contributed by atoms with Gasteiger partial charge in [-0.25, -0.2) is 0 Å². The topological polar surface area (TPSA) is 87.3 Å². The molecular weight excluding hydrogens is 194 g/mol. The van der Waals surface area contributed by atoms with Gasteiger partial charge in [0.2, 0.25) is 5.91 Å². The van der Waals surface area contributed by atoms with Gasteiger partial charge in [-0.1, -0.05) is 0 Å². The van der Waals surface area contributed by atoms with Gasteiger partial charge >= 0.3 is 0 Å². The summed E-state index contributed by atoms with van der Waals surface area (Å²) in [5.41, 5.74) is 0. The average molecular weight is 201 g/mol. The van der Waals surface area contributed by atoms with Crippen molar-refractivity contribution in [3.63, 3.8) is 0 Å². The summed E-state index contributed by atoms with van der Waals surface area (Å²) in [5.74, 6) is -1.70. The van der Waals surface area contributed by atoms with Crippen LogP contribution in [-0.4, -0.2) is 28.9 Å². The zero-order valence-electron chi connectivity index (χ0n) is 6.71. The van der Waals surface area contributed by atoms with Gasteiger partial charge in [0.1, 0.15) is 0 Å². The third kappa shape index (κ3) is 2.22. The summed E-state index contributed by atoms with van der Waals surface area (Å²) >= 11 is 4.55. The lowest BCUT2D eigenvalue weighted by Crippen LogP contribution is -2.63. The van der Waals surface area contributed by atoms with Gasteiger partial charge in [-0.15, -0.1) is 0 Å². The Balaban J connectivity index is 2.73. The molecule has 0 unspecified atom stereocenters. The summed E-state index contributed by atoms with van der Waals surface area (Å²) in [6.45, 7) is 1.22. The molecular formula is C6H7N3O3S. The Hall–Kier alpha value is -1.50. The molecule has 0 aromatic heterocycles. The molecule has 1 heterocycles. The van der Waals surface area contributed by atoms with E-state index in [4.69, 9.17) is 0 Å².